The molecular formula is C19H23N3O4. The maximum absolute atomic E-state index is 13.0. The number of aryl methyl sites for hydroxylation is 2. The minimum absolute atomic E-state index is 0.0159. The summed E-state index contributed by atoms with van der Waals surface area (Å²) in [5.74, 6) is -0.517. The van der Waals surface area contributed by atoms with Crippen molar-refractivity contribution in [2.45, 2.75) is 32.7 Å². The number of benzene rings is 1. The van der Waals surface area contributed by atoms with E-state index in [4.69, 9.17) is 9.84 Å². The second-order valence-corrected chi connectivity index (χ2v) is 6.65. The van der Waals surface area contributed by atoms with Gasteiger partial charge in [-0.05, 0) is 56.0 Å². The number of hydrogen-bond donors (Lipinski definition) is 1. The van der Waals surface area contributed by atoms with Crippen molar-refractivity contribution >= 4 is 11.9 Å². The van der Waals surface area contributed by atoms with Gasteiger partial charge in [0, 0.05) is 31.0 Å². The van der Waals surface area contributed by atoms with Gasteiger partial charge in [-0.2, -0.15) is 5.10 Å². The lowest BCUT2D eigenvalue weighted by Crippen LogP contribution is -2.40. The van der Waals surface area contributed by atoms with E-state index in [1.165, 1.54) is 0 Å². The summed E-state index contributed by atoms with van der Waals surface area (Å²) in [7, 11) is 0. The molecule has 1 aliphatic rings. The highest BCUT2D eigenvalue weighted by atomic mass is 16.5. The van der Waals surface area contributed by atoms with Gasteiger partial charge in [-0.3, -0.25) is 9.48 Å². The number of carbonyl (C=O) groups excluding carboxylic acids is 1. The molecule has 0 saturated carbocycles. The maximum Gasteiger partial charge on any atom is 0.341 e. The van der Waals surface area contributed by atoms with Crippen LogP contribution < -0.4 is 4.74 Å². The quantitative estimate of drug-likeness (QED) is 0.888. The number of likely N-dealkylation sites (tertiary alicyclic amines) is 1. The summed E-state index contributed by atoms with van der Waals surface area (Å²) >= 11 is 0. The molecule has 0 aliphatic carbocycles. The Labute approximate surface area is 152 Å². The highest BCUT2D eigenvalue weighted by Crippen LogP contribution is 2.27. The van der Waals surface area contributed by atoms with Crippen molar-refractivity contribution in [1.29, 1.82) is 0 Å². The zero-order chi connectivity index (χ0) is 18.7. The van der Waals surface area contributed by atoms with Gasteiger partial charge < -0.3 is 14.7 Å². The van der Waals surface area contributed by atoms with E-state index in [2.05, 4.69) is 5.10 Å². The molecule has 0 radical (unpaired) electrons. The molecule has 138 valence electrons. The first-order valence-corrected chi connectivity index (χ1v) is 8.70. The molecule has 0 bridgehead atoms. The third-order valence-electron chi connectivity index (χ3n) is 4.63. The number of carboxylic acid groups (broad SMARTS) is 1. The first-order chi connectivity index (χ1) is 12.5. The second-order valence-electron chi connectivity index (χ2n) is 6.65. The maximum atomic E-state index is 13.0. The predicted molar refractivity (Wildman–Crippen MR) is 95.4 cm³/mol. The fourth-order valence-electron chi connectivity index (χ4n) is 3.47. The lowest BCUT2D eigenvalue weighted by molar-refractivity contribution is -0.139. The van der Waals surface area contributed by atoms with E-state index >= 15 is 0 Å². The Kier molecular flexibility index (Phi) is 5.25. The largest absolute Gasteiger partial charge is 0.481 e. The van der Waals surface area contributed by atoms with Gasteiger partial charge in [-0.25, -0.2) is 4.79 Å². The molecule has 2 heterocycles. The fraction of sp³-hybridized carbons (Fsp3) is 0.421. The first kappa shape index (κ1) is 18.0. The zero-order valence-corrected chi connectivity index (χ0v) is 15.0. The molecule has 1 aliphatic heterocycles. The average Bonchev–Trinajstić information content (AvgIpc) is 3.15. The third-order valence-corrected chi connectivity index (χ3v) is 4.63. The summed E-state index contributed by atoms with van der Waals surface area (Å²) < 4.78 is 7.25. The van der Waals surface area contributed by atoms with Crippen LogP contribution >= 0.6 is 0 Å². The van der Waals surface area contributed by atoms with Crippen LogP contribution in [-0.4, -0.2) is 51.4 Å². The highest BCUT2D eigenvalue weighted by Gasteiger charge is 2.26. The summed E-state index contributed by atoms with van der Waals surface area (Å²) in [6.45, 7) is 4.61. The molecule has 3 rings (SSSR count). The molecule has 1 atom stereocenters. The van der Waals surface area contributed by atoms with Crippen molar-refractivity contribution in [3.8, 4) is 5.75 Å². The van der Waals surface area contributed by atoms with Gasteiger partial charge >= 0.3 is 5.97 Å². The van der Waals surface area contributed by atoms with Crippen molar-refractivity contribution < 1.29 is 19.4 Å². The Morgan fingerprint density at radius 2 is 2.04 bits per heavy atom. The molecule has 7 nitrogen and oxygen atoms in total. The van der Waals surface area contributed by atoms with Crippen LogP contribution in [0.2, 0.25) is 0 Å². The number of piperidine rings is 1. The Balaban J connectivity index is 1.76. The van der Waals surface area contributed by atoms with Gasteiger partial charge in [-0.1, -0.05) is 0 Å². The van der Waals surface area contributed by atoms with Crippen molar-refractivity contribution in [2.24, 2.45) is 0 Å². The molecule has 1 amide bonds. The summed E-state index contributed by atoms with van der Waals surface area (Å²) in [5.41, 5.74) is 2.12. The van der Waals surface area contributed by atoms with E-state index in [1.807, 2.05) is 35.7 Å². The minimum atomic E-state index is -1.03. The van der Waals surface area contributed by atoms with E-state index in [0.29, 0.717) is 17.9 Å². The van der Waals surface area contributed by atoms with Crippen LogP contribution in [-0.2, 0) is 4.79 Å². The van der Waals surface area contributed by atoms with E-state index in [1.54, 1.807) is 18.3 Å². The number of aromatic nitrogens is 2. The third kappa shape index (κ3) is 3.87. The molecule has 1 unspecified atom stereocenters. The van der Waals surface area contributed by atoms with Crippen LogP contribution in [0.1, 0.15) is 40.4 Å². The summed E-state index contributed by atoms with van der Waals surface area (Å²) in [6, 6.07) is 5.63. The molecule has 2 aromatic rings. The normalized spacial score (nSPS) is 17.2. The first-order valence-electron chi connectivity index (χ1n) is 8.70. The van der Waals surface area contributed by atoms with Crippen LogP contribution in [0.25, 0.3) is 0 Å². The Morgan fingerprint density at radius 3 is 2.65 bits per heavy atom. The van der Waals surface area contributed by atoms with Gasteiger partial charge in [0.1, 0.15) is 5.75 Å². The van der Waals surface area contributed by atoms with Crippen molar-refractivity contribution in [3.63, 3.8) is 0 Å². The average molecular weight is 357 g/mol. The summed E-state index contributed by atoms with van der Waals surface area (Å²) in [6.07, 6.45) is 5.63. The fourth-order valence-corrected chi connectivity index (χ4v) is 3.47. The van der Waals surface area contributed by atoms with E-state index in [-0.39, 0.29) is 11.9 Å². The van der Waals surface area contributed by atoms with Gasteiger partial charge in [0.05, 0.1) is 6.04 Å². The van der Waals surface area contributed by atoms with Crippen LogP contribution in [0, 0.1) is 13.8 Å². The van der Waals surface area contributed by atoms with E-state index in [9.17, 15) is 9.59 Å². The molecule has 1 aromatic heterocycles. The Bertz CT molecular complexity index is 778. The lowest BCUT2D eigenvalue weighted by atomic mass is 10.0. The number of carbonyl (C=O) groups is 2. The number of rotatable bonds is 5. The van der Waals surface area contributed by atoms with Crippen molar-refractivity contribution in [1.82, 2.24) is 14.7 Å². The minimum Gasteiger partial charge on any atom is -0.481 e. The van der Waals surface area contributed by atoms with Gasteiger partial charge in [0.25, 0.3) is 5.91 Å². The topological polar surface area (TPSA) is 84.7 Å². The standard InChI is InChI=1S/C19H23N3O4/c1-13-9-15(10-14(2)18(13)26-12-17(23)24)19(25)21-7-3-5-16(11-21)22-8-4-6-20-22/h4,6,8-10,16H,3,5,7,11-12H2,1-2H3,(H,23,24). The molecule has 7 heteroatoms. The smallest absolute Gasteiger partial charge is 0.341 e. The summed E-state index contributed by atoms with van der Waals surface area (Å²) in [4.78, 5) is 25.5. The molecule has 1 N–H and O–H groups in total. The van der Waals surface area contributed by atoms with Crippen LogP contribution in [0.5, 0.6) is 5.75 Å². The lowest BCUT2D eigenvalue weighted by Gasteiger charge is -2.33. The number of carboxylic acids is 1. The molecule has 0 spiro atoms. The number of aliphatic carboxylic acids is 1. The zero-order valence-electron chi connectivity index (χ0n) is 15.0. The number of ether oxygens (including phenoxy) is 1. The predicted octanol–water partition coefficient (Wildman–Crippen LogP) is 2.44. The number of amides is 1. The van der Waals surface area contributed by atoms with Gasteiger partial charge in [0.15, 0.2) is 6.61 Å². The van der Waals surface area contributed by atoms with Crippen LogP contribution in [0.4, 0.5) is 0 Å². The van der Waals surface area contributed by atoms with Crippen molar-refractivity contribution in [2.75, 3.05) is 19.7 Å². The number of hydrogen-bond acceptors (Lipinski definition) is 4. The van der Waals surface area contributed by atoms with Gasteiger partial charge in [-0.15, -0.1) is 0 Å². The molecule has 26 heavy (non-hydrogen) atoms. The summed E-state index contributed by atoms with van der Waals surface area (Å²) in [5, 5.41) is 13.1. The van der Waals surface area contributed by atoms with Crippen LogP contribution in [0.15, 0.2) is 30.6 Å². The SMILES string of the molecule is Cc1cc(C(=O)N2CCCC(n3cccn3)C2)cc(C)c1OCC(=O)O. The van der Waals surface area contributed by atoms with Crippen LogP contribution in [0.3, 0.4) is 0 Å². The van der Waals surface area contributed by atoms with E-state index in [0.717, 1.165) is 30.5 Å². The van der Waals surface area contributed by atoms with E-state index < -0.39 is 12.6 Å². The molecule has 1 saturated heterocycles. The molecule has 1 fully saturated rings. The second kappa shape index (κ2) is 7.59. The number of nitrogens with zero attached hydrogens (tertiary/aromatic N) is 3. The molecule has 1 aromatic carbocycles. The van der Waals surface area contributed by atoms with Crippen molar-refractivity contribution in [3.05, 3.63) is 47.3 Å². The highest BCUT2D eigenvalue weighted by molar-refractivity contribution is 5.95. The Hall–Kier alpha value is -2.83. The monoisotopic (exact) mass is 357 g/mol. The molecular weight excluding hydrogens is 334 g/mol. The Morgan fingerprint density at radius 1 is 1.31 bits per heavy atom. The van der Waals surface area contributed by atoms with Gasteiger partial charge in [0.2, 0.25) is 0 Å².